The van der Waals surface area contributed by atoms with Crippen LogP contribution in [0.2, 0.25) is 0 Å². The van der Waals surface area contributed by atoms with E-state index in [-0.39, 0.29) is 0 Å². The molecule has 0 radical (unpaired) electrons. The van der Waals surface area contributed by atoms with Gasteiger partial charge in [-0.2, -0.15) is 5.10 Å². The fraction of sp³-hybridized carbons (Fsp3) is 0.190. The van der Waals surface area contributed by atoms with Crippen LogP contribution in [-0.2, 0) is 0 Å². The van der Waals surface area contributed by atoms with Crippen molar-refractivity contribution in [3.63, 3.8) is 0 Å². The molecule has 0 atom stereocenters. The number of rotatable bonds is 5. The molecule has 1 heterocycles. The van der Waals surface area contributed by atoms with Crippen LogP contribution in [0, 0.1) is 6.92 Å². The first-order chi connectivity index (χ1) is 12.5. The minimum absolute atomic E-state index is 0.681. The van der Waals surface area contributed by atoms with Crippen LogP contribution >= 0.6 is 0 Å². The van der Waals surface area contributed by atoms with Gasteiger partial charge >= 0.3 is 0 Å². The zero-order chi connectivity index (χ0) is 18.5. The zero-order valence-corrected chi connectivity index (χ0v) is 15.6. The third-order valence-electron chi connectivity index (χ3n) is 4.05. The van der Waals surface area contributed by atoms with Gasteiger partial charge in [0, 0.05) is 31.4 Å². The lowest BCUT2D eigenvalue weighted by Crippen LogP contribution is -2.09. The Bertz CT molecular complexity index is 899. The van der Waals surface area contributed by atoms with Crippen molar-refractivity contribution in [3.8, 4) is 11.3 Å². The van der Waals surface area contributed by atoms with Crippen molar-refractivity contribution in [1.29, 1.82) is 0 Å². The van der Waals surface area contributed by atoms with Crippen molar-refractivity contribution < 1.29 is 0 Å². The maximum atomic E-state index is 4.51. The monoisotopic (exact) mass is 345 g/mol. The highest BCUT2D eigenvalue weighted by molar-refractivity contribution is 5.99. The number of anilines is 2. The van der Waals surface area contributed by atoms with E-state index in [2.05, 4.69) is 49.7 Å². The van der Waals surface area contributed by atoms with Crippen LogP contribution in [0.5, 0.6) is 0 Å². The molecule has 0 saturated heterocycles. The molecule has 0 aliphatic carbocycles. The first-order valence-electron chi connectivity index (χ1n) is 8.52. The molecule has 5 nitrogen and oxygen atoms in total. The minimum atomic E-state index is 0.681. The van der Waals surface area contributed by atoms with Gasteiger partial charge in [0.05, 0.1) is 11.4 Å². The second kappa shape index (κ2) is 7.78. The molecule has 0 unspecified atom stereocenters. The van der Waals surface area contributed by atoms with Crippen molar-refractivity contribution in [2.45, 2.75) is 13.8 Å². The highest BCUT2D eigenvalue weighted by Crippen LogP contribution is 2.19. The van der Waals surface area contributed by atoms with Crippen molar-refractivity contribution in [2.24, 2.45) is 5.10 Å². The van der Waals surface area contributed by atoms with E-state index >= 15 is 0 Å². The topological polar surface area (TPSA) is 53.4 Å². The summed E-state index contributed by atoms with van der Waals surface area (Å²) >= 11 is 0. The normalized spacial score (nSPS) is 11.3. The third kappa shape index (κ3) is 4.25. The number of benzene rings is 2. The Balaban J connectivity index is 1.80. The number of aromatic nitrogens is 2. The molecular formula is C21H23N5. The number of hydrogen-bond donors (Lipinski definition) is 1. The third-order valence-corrected chi connectivity index (χ3v) is 4.05. The molecule has 5 heteroatoms. The lowest BCUT2D eigenvalue weighted by atomic mass is 10.1. The molecular weight excluding hydrogens is 322 g/mol. The van der Waals surface area contributed by atoms with Gasteiger partial charge in [0.1, 0.15) is 11.6 Å². The molecule has 0 amide bonds. The summed E-state index contributed by atoms with van der Waals surface area (Å²) in [4.78, 5) is 11.0. The molecule has 0 aliphatic rings. The largest absolute Gasteiger partial charge is 0.378 e. The predicted octanol–water partition coefficient (Wildman–Crippen LogP) is 4.35. The standard InChI is InChI=1S/C21H23N5/c1-15(17-10-12-19(13-11-17)26(3)4)24-25-21-14-20(22-16(2)23-21)18-8-6-5-7-9-18/h5-14H,1-4H3,(H,22,23,25). The van der Waals surface area contributed by atoms with Gasteiger partial charge in [0.25, 0.3) is 0 Å². The fourth-order valence-corrected chi connectivity index (χ4v) is 2.59. The molecule has 26 heavy (non-hydrogen) atoms. The summed E-state index contributed by atoms with van der Waals surface area (Å²) in [7, 11) is 4.05. The Labute approximate surface area is 154 Å². The molecule has 3 aromatic rings. The van der Waals surface area contributed by atoms with Crippen molar-refractivity contribution in [2.75, 3.05) is 24.4 Å². The van der Waals surface area contributed by atoms with Gasteiger partial charge in [-0.05, 0) is 31.5 Å². The van der Waals surface area contributed by atoms with Gasteiger partial charge in [0.2, 0.25) is 0 Å². The molecule has 1 N–H and O–H groups in total. The summed E-state index contributed by atoms with van der Waals surface area (Å²) in [6.45, 7) is 3.86. The van der Waals surface area contributed by atoms with E-state index < -0.39 is 0 Å². The second-order valence-corrected chi connectivity index (χ2v) is 6.30. The Morgan fingerprint density at radius 2 is 1.65 bits per heavy atom. The number of hydrazone groups is 1. The van der Waals surface area contributed by atoms with E-state index in [1.54, 1.807) is 0 Å². The second-order valence-electron chi connectivity index (χ2n) is 6.30. The number of nitrogens with one attached hydrogen (secondary N) is 1. The Kier molecular flexibility index (Phi) is 5.27. The van der Waals surface area contributed by atoms with Gasteiger partial charge in [-0.25, -0.2) is 9.97 Å². The highest BCUT2D eigenvalue weighted by atomic mass is 15.3. The van der Waals surface area contributed by atoms with E-state index in [1.165, 1.54) is 0 Å². The van der Waals surface area contributed by atoms with E-state index in [0.29, 0.717) is 11.6 Å². The summed E-state index contributed by atoms with van der Waals surface area (Å²) in [5.41, 5.74) is 8.12. The summed E-state index contributed by atoms with van der Waals surface area (Å²) in [6.07, 6.45) is 0. The lowest BCUT2D eigenvalue weighted by molar-refractivity contribution is 1.05. The highest BCUT2D eigenvalue weighted by Gasteiger charge is 2.05. The quantitative estimate of drug-likeness (QED) is 0.551. The molecule has 0 spiro atoms. The molecule has 0 saturated carbocycles. The number of nitrogens with zero attached hydrogens (tertiary/aromatic N) is 4. The van der Waals surface area contributed by atoms with Gasteiger partial charge in [-0.3, -0.25) is 5.43 Å². The Hall–Kier alpha value is -3.21. The Morgan fingerprint density at radius 3 is 2.31 bits per heavy atom. The molecule has 1 aromatic heterocycles. The molecule has 2 aromatic carbocycles. The first kappa shape index (κ1) is 17.6. The molecule has 0 fully saturated rings. The van der Waals surface area contributed by atoms with E-state index in [0.717, 1.165) is 28.2 Å². The average molecular weight is 345 g/mol. The maximum absolute atomic E-state index is 4.51. The summed E-state index contributed by atoms with van der Waals surface area (Å²) in [5.74, 6) is 1.39. The van der Waals surface area contributed by atoms with Crippen LogP contribution in [0.3, 0.4) is 0 Å². The summed E-state index contributed by atoms with van der Waals surface area (Å²) in [5, 5.41) is 4.48. The van der Waals surface area contributed by atoms with E-state index in [9.17, 15) is 0 Å². The van der Waals surface area contributed by atoms with Crippen molar-refractivity contribution >= 4 is 17.2 Å². The smallest absolute Gasteiger partial charge is 0.150 e. The van der Waals surface area contributed by atoms with E-state index in [1.807, 2.05) is 64.3 Å². The molecule has 3 rings (SSSR count). The van der Waals surface area contributed by atoms with E-state index in [4.69, 9.17) is 0 Å². The predicted molar refractivity (Wildman–Crippen MR) is 109 cm³/mol. The van der Waals surface area contributed by atoms with Crippen LogP contribution in [0.1, 0.15) is 18.3 Å². The fourth-order valence-electron chi connectivity index (χ4n) is 2.59. The van der Waals surface area contributed by atoms with Crippen LogP contribution in [0.15, 0.2) is 65.8 Å². The van der Waals surface area contributed by atoms with Crippen molar-refractivity contribution in [1.82, 2.24) is 9.97 Å². The van der Waals surface area contributed by atoms with Gasteiger partial charge in [0.15, 0.2) is 0 Å². The van der Waals surface area contributed by atoms with Gasteiger partial charge < -0.3 is 4.90 Å². The molecule has 0 bridgehead atoms. The summed E-state index contributed by atoms with van der Waals surface area (Å²) in [6, 6.07) is 20.3. The Morgan fingerprint density at radius 1 is 0.962 bits per heavy atom. The van der Waals surface area contributed by atoms with Crippen LogP contribution < -0.4 is 10.3 Å². The average Bonchev–Trinajstić information content (AvgIpc) is 2.66. The number of hydrogen-bond acceptors (Lipinski definition) is 5. The van der Waals surface area contributed by atoms with Gasteiger partial charge in [-0.1, -0.05) is 42.5 Å². The van der Waals surface area contributed by atoms with Gasteiger partial charge in [-0.15, -0.1) is 0 Å². The summed E-state index contributed by atoms with van der Waals surface area (Å²) < 4.78 is 0. The lowest BCUT2D eigenvalue weighted by Gasteiger charge is -2.12. The van der Waals surface area contributed by atoms with Crippen LogP contribution in [0.25, 0.3) is 11.3 Å². The van der Waals surface area contributed by atoms with Crippen LogP contribution in [0.4, 0.5) is 11.5 Å². The van der Waals surface area contributed by atoms with Crippen molar-refractivity contribution in [3.05, 3.63) is 72.1 Å². The molecule has 132 valence electrons. The zero-order valence-electron chi connectivity index (χ0n) is 15.6. The minimum Gasteiger partial charge on any atom is -0.378 e. The number of aryl methyl sites for hydroxylation is 1. The first-order valence-corrected chi connectivity index (χ1v) is 8.52. The van der Waals surface area contributed by atoms with Crippen LogP contribution in [-0.4, -0.2) is 29.8 Å². The molecule has 0 aliphatic heterocycles. The SMILES string of the molecule is CC(=NNc1cc(-c2ccccc2)nc(C)n1)c1ccc(N(C)C)cc1. The maximum Gasteiger partial charge on any atom is 0.150 e.